The van der Waals surface area contributed by atoms with Crippen molar-refractivity contribution in [2.24, 2.45) is 0 Å². The quantitative estimate of drug-likeness (QED) is 0.439. The molecule has 2 aliphatic carbocycles. The summed E-state index contributed by atoms with van der Waals surface area (Å²) in [6.07, 6.45) is 5.06. The van der Waals surface area contributed by atoms with Crippen LogP contribution in [-0.4, -0.2) is 35.0 Å². The molecule has 1 atom stereocenters. The summed E-state index contributed by atoms with van der Waals surface area (Å²) in [6.45, 7) is 1.50. The Morgan fingerprint density at radius 3 is 2.50 bits per heavy atom. The number of hydrogen-bond donors (Lipinski definition) is 2. The number of nitro benzene ring substituents is 1. The predicted molar refractivity (Wildman–Crippen MR) is 95.0 cm³/mol. The molecular weight excluding hydrogens is 338 g/mol. The van der Waals surface area contributed by atoms with Crippen molar-refractivity contribution < 1.29 is 19.2 Å². The van der Waals surface area contributed by atoms with E-state index in [1.807, 2.05) is 0 Å². The van der Waals surface area contributed by atoms with Crippen molar-refractivity contribution in [1.29, 1.82) is 0 Å². The molecule has 0 bridgehead atoms. The zero-order valence-electron chi connectivity index (χ0n) is 14.7. The molecule has 1 aromatic carbocycles. The van der Waals surface area contributed by atoms with Gasteiger partial charge < -0.3 is 15.4 Å². The van der Waals surface area contributed by atoms with Crippen LogP contribution in [0.25, 0.3) is 0 Å². The number of benzene rings is 1. The summed E-state index contributed by atoms with van der Waals surface area (Å²) in [5, 5.41) is 17.2. The molecule has 0 heterocycles. The lowest BCUT2D eigenvalue weighted by Gasteiger charge is -2.17. The maximum Gasteiger partial charge on any atom is 0.339 e. The van der Waals surface area contributed by atoms with Gasteiger partial charge in [0.1, 0.15) is 5.69 Å². The van der Waals surface area contributed by atoms with Gasteiger partial charge in [0, 0.05) is 18.2 Å². The Labute approximate surface area is 151 Å². The van der Waals surface area contributed by atoms with Crippen LogP contribution in [0.4, 0.5) is 11.4 Å². The minimum Gasteiger partial charge on any atom is -0.449 e. The second kappa shape index (κ2) is 7.72. The molecule has 8 nitrogen and oxygen atoms in total. The summed E-state index contributed by atoms with van der Waals surface area (Å²) < 4.78 is 5.18. The highest BCUT2D eigenvalue weighted by atomic mass is 16.6. The van der Waals surface area contributed by atoms with Gasteiger partial charge in [-0.1, -0.05) is 12.8 Å². The summed E-state index contributed by atoms with van der Waals surface area (Å²) in [5.74, 6) is -1.09. The number of rotatable bonds is 7. The molecule has 0 saturated heterocycles. The first-order valence-electron chi connectivity index (χ1n) is 9.00. The Morgan fingerprint density at radius 1 is 1.19 bits per heavy atom. The number of nitrogens with one attached hydrogen (secondary N) is 2. The molecule has 0 aromatic heterocycles. The summed E-state index contributed by atoms with van der Waals surface area (Å²) in [4.78, 5) is 35.1. The fraction of sp³-hybridized carbons (Fsp3) is 0.556. The molecule has 140 valence electrons. The number of nitrogens with zero attached hydrogens (tertiary/aromatic N) is 1. The number of carbonyl (C=O) groups excluding carboxylic acids is 2. The van der Waals surface area contributed by atoms with Crippen LogP contribution in [0.5, 0.6) is 0 Å². The predicted octanol–water partition coefficient (Wildman–Crippen LogP) is 2.77. The third kappa shape index (κ3) is 4.50. The number of anilines is 1. The highest BCUT2D eigenvalue weighted by Gasteiger charge is 2.27. The van der Waals surface area contributed by atoms with Crippen LogP contribution >= 0.6 is 0 Å². The van der Waals surface area contributed by atoms with E-state index in [1.165, 1.54) is 25.1 Å². The average molecular weight is 361 g/mol. The van der Waals surface area contributed by atoms with E-state index in [9.17, 15) is 19.7 Å². The Morgan fingerprint density at radius 2 is 1.88 bits per heavy atom. The van der Waals surface area contributed by atoms with Crippen molar-refractivity contribution in [3.63, 3.8) is 0 Å². The first-order valence-corrected chi connectivity index (χ1v) is 9.00. The zero-order valence-corrected chi connectivity index (χ0v) is 14.7. The molecule has 8 heteroatoms. The fourth-order valence-electron chi connectivity index (χ4n) is 3.05. The summed E-state index contributed by atoms with van der Waals surface area (Å²) in [6, 6.07) is 4.57. The van der Waals surface area contributed by atoms with E-state index < -0.39 is 17.0 Å². The fourth-order valence-corrected chi connectivity index (χ4v) is 3.05. The molecule has 0 spiro atoms. The van der Waals surface area contributed by atoms with E-state index in [4.69, 9.17) is 4.74 Å². The van der Waals surface area contributed by atoms with Gasteiger partial charge in [-0.15, -0.1) is 0 Å². The molecule has 0 unspecified atom stereocenters. The Balaban J connectivity index is 1.63. The average Bonchev–Trinajstić information content (AvgIpc) is 3.27. The molecule has 2 fully saturated rings. The van der Waals surface area contributed by atoms with Crippen LogP contribution in [0, 0.1) is 10.1 Å². The van der Waals surface area contributed by atoms with Crippen molar-refractivity contribution in [3.05, 3.63) is 33.9 Å². The standard InChI is InChI=1S/C18H23N3O5/c1-11(17(22)20-13-4-2-3-5-13)26-18(23)12-6-9-15(19-14-7-8-14)16(10-12)21(24)25/h6,9-11,13-14,19H,2-5,7-8H2,1H3,(H,20,22)/t11-/m1/s1. The second-order valence-corrected chi connectivity index (χ2v) is 6.95. The van der Waals surface area contributed by atoms with Gasteiger partial charge >= 0.3 is 5.97 Å². The number of nitro groups is 1. The van der Waals surface area contributed by atoms with E-state index in [0.717, 1.165) is 38.5 Å². The van der Waals surface area contributed by atoms with Crippen LogP contribution in [0.1, 0.15) is 55.8 Å². The van der Waals surface area contributed by atoms with Gasteiger partial charge in [-0.05, 0) is 44.7 Å². The molecule has 2 aliphatic rings. The summed E-state index contributed by atoms with van der Waals surface area (Å²) in [7, 11) is 0. The van der Waals surface area contributed by atoms with E-state index >= 15 is 0 Å². The van der Waals surface area contributed by atoms with Gasteiger partial charge in [0.25, 0.3) is 11.6 Å². The number of hydrogen-bond acceptors (Lipinski definition) is 6. The molecule has 3 rings (SSSR count). The smallest absolute Gasteiger partial charge is 0.339 e. The van der Waals surface area contributed by atoms with E-state index in [1.54, 1.807) is 0 Å². The second-order valence-electron chi connectivity index (χ2n) is 6.95. The number of amides is 1. The normalized spacial score (nSPS) is 18.2. The molecule has 0 radical (unpaired) electrons. The lowest BCUT2D eigenvalue weighted by atomic mass is 10.1. The van der Waals surface area contributed by atoms with Gasteiger partial charge in [0.05, 0.1) is 10.5 Å². The van der Waals surface area contributed by atoms with Crippen molar-refractivity contribution in [3.8, 4) is 0 Å². The molecule has 2 N–H and O–H groups in total. The maximum absolute atomic E-state index is 12.3. The molecule has 2 saturated carbocycles. The van der Waals surface area contributed by atoms with Gasteiger partial charge in [-0.3, -0.25) is 14.9 Å². The minimum atomic E-state index is -0.952. The van der Waals surface area contributed by atoms with Crippen LogP contribution in [0.2, 0.25) is 0 Å². The van der Waals surface area contributed by atoms with Crippen LogP contribution in [0.3, 0.4) is 0 Å². The Bertz CT molecular complexity index is 711. The summed E-state index contributed by atoms with van der Waals surface area (Å²) >= 11 is 0. The monoisotopic (exact) mass is 361 g/mol. The van der Waals surface area contributed by atoms with Gasteiger partial charge in [-0.25, -0.2) is 4.79 Å². The van der Waals surface area contributed by atoms with E-state index in [0.29, 0.717) is 5.69 Å². The lowest BCUT2D eigenvalue weighted by molar-refractivity contribution is -0.384. The topological polar surface area (TPSA) is 111 Å². The van der Waals surface area contributed by atoms with Gasteiger partial charge in [-0.2, -0.15) is 0 Å². The van der Waals surface area contributed by atoms with Crippen molar-refractivity contribution >= 4 is 23.3 Å². The zero-order chi connectivity index (χ0) is 18.7. The lowest BCUT2D eigenvalue weighted by Crippen LogP contribution is -2.40. The maximum atomic E-state index is 12.3. The number of esters is 1. The molecular formula is C18H23N3O5. The molecule has 26 heavy (non-hydrogen) atoms. The first-order chi connectivity index (χ1) is 12.4. The third-order valence-corrected chi connectivity index (χ3v) is 4.72. The summed E-state index contributed by atoms with van der Waals surface area (Å²) in [5.41, 5.74) is 0.272. The molecule has 1 amide bonds. The van der Waals surface area contributed by atoms with E-state index in [2.05, 4.69) is 10.6 Å². The number of ether oxygens (including phenoxy) is 1. The highest BCUT2D eigenvalue weighted by Crippen LogP contribution is 2.31. The van der Waals surface area contributed by atoms with Gasteiger partial charge in [0.2, 0.25) is 0 Å². The van der Waals surface area contributed by atoms with Crippen molar-refractivity contribution in [2.75, 3.05) is 5.32 Å². The number of carbonyl (C=O) groups is 2. The Kier molecular flexibility index (Phi) is 5.39. The largest absolute Gasteiger partial charge is 0.449 e. The Hall–Kier alpha value is -2.64. The first kappa shape index (κ1) is 18.2. The molecule has 0 aliphatic heterocycles. The van der Waals surface area contributed by atoms with Crippen LogP contribution in [0.15, 0.2) is 18.2 Å². The van der Waals surface area contributed by atoms with E-state index in [-0.39, 0.29) is 29.2 Å². The van der Waals surface area contributed by atoms with Gasteiger partial charge in [0.15, 0.2) is 6.10 Å². The third-order valence-electron chi connectivity index (χ3n) is 4.72. The minimum absolute atomic E-state index is 0.0542. The molecule has 1 aromatic rings. The van der Waals surface area contributed by atoms with Crippen molar-refractivity contribution in [2.45, 2.75) is 63.6 Å². The SMILES string of the molecule is C[C@@H](OC(=O)c1ccc(NC2CC2)c([N+](=O)[O-])c1)C(=O)NC1CCCC1. The van der Waals surface area contributed by atoms with Crippen LogP contribution < -0.4 is 10.6 Å². The highest BCUT2D eigenvalue weighted by molar-refractivity contribution is 5.93. The van der Waals surface area contributed by atoms with Crippen LogP contribution in [-0.2, 0) is 9.53 Å². The van der Waals surface area contributed by atoms with Crippen molar-refractivity contribution in [1.82, 2.24) is 5.32 Å².